The normalized spacial score (nSPS) is 12.2. The molecule has 94 valence electrons. The molecule has 0 aliphatic rings. The van der Waals surface area contributed by atoms with Gasteiger partial charge in [-0.25, -0.2) is 0 Å². The van der Waals surface area contributed by atoms with Crippen molar-refractivity contribution < 1.29 is 9.53 Å². The van der Waals surface area contributed by atoms with Gasteiger partial charge in [-0.15, -0.1) is 0 Å². The first-order chi connectivity index (χ1) is 8.19. The predicted molar refractivity (Wildman–Crippen MR) is 69.1 cm³/mol. The van der Waals surface area contributed by atoms with E-state index in [1.54, 1.807) is 7.11 Å². The summed E-state index contributed by atoms with van der Waals surface area (Å²) < 4.78 is 5.35. The first-order valence-corrected chi connectivity index (χ1v) is 6.10. The van der Waals surface area contributed by atoms with E-state index < -0.39 is 0 Å². The minimum absolute atomic E-state index is 0.0432. The van der Waals surface area contributed by atoms with Crippen molar-refractivity contribution in [2.45, 2.75) is 25.9 Å². The van der Waals surface area contributed by atoms with Crippen LogP contribution in [0.5, 0.6) is 0 Å². The van der Waals surface area contributed by atoms with Crippen molar-refractivity contribution in [1.29, 1.82) is 0 Å². The van der Waals surface area contributed by atoms with E-state index in [-0.39, 0.29) is 12.0 Å². The van der Waals surface area contributed by atoms with Crippen molar-refractivity contribution in [3.05, 3.63) is 34.9 Å². The van der Waals surface area contributed by atoms with Crippen LogP contribution in [0.2, 0.25) is 5.02 Å². The van der Waals surface area contributed by atoms with Crippen LogP contribution in [-0.2, 0) is 9.53 Å². The molecule has 17 heavy (non-hydrogen) atoms. The molecule has 0 saturated carbocycles. The summed E-state index contributed by atoms with van der Waals surface area (Å²) in [7, 11) is 1.61. The monoisotopic (exact) mass is 255 g/mol. The number of carbonyl (C=O) groups excluding carboxylic acids is 1. The van der Waals surface area contributed by atoms with E-state index in [0.29, 0.717) is 18.0 Å². The van der Waals surface area contributed by atoms with E-state index >= 15 is 0 Å². The lowest BCUT2D eigenvalue weighted by Crippen LogP contribution is -2.28. The second-order valence-electron chi connectivity index (χ2n) is 3.80. The summed E-state index contributed by atoms with van der Waals surface area (Å²) in [6, 6.07) is 7.49. The zero-order valence-electron chi connectivity index (χ0n) is 10.2. The topological polar surface area (TPSA) is 38.3 Å². The molecule has 3 nitrogen and oxygen atoms in total. The molecule has 0 fully saturated rings. The molecule has 1 N–H and O–H groups in total. The van der Waals surface area contributed by atoms with Crippen molar-refractivity contribution in [1.82, 2.24) is 5.32 Å². The van der Waals surface area contributed by atoms with Gasteiger partial charge in [0.25, 0.3) is 0 Å². The smallest absolute Gasteiger partial charge is 0.220 e. The number of benzene rings is 1. The highest BCUT2D eigenvalue weighted by atomic mass is 35.5. The second kappa shape index (κ2) is 7.30. The predicted octanol–water partition coefficient (Wildman–Crippen LogP) is 2.94. The molecule has 0 unspecified atom stereocenters. The Bertz CT molecular complexity index is 368. The number of ether oxygens (including phenoxy) is 1. The van der Waals surface area contributed by atoms with Crippen molar-refractivity contribution in [3.8, 4) is 0 Å². The van der Waals surface area contributed by atoms with Gasteiger partial charge >= 0.3 is 0 Å². The Labute approximate surface area is 107 Å². The van der Waals surface area contributed by atoms with Crippen molar-refractivity contribution in [2.24, 2.45) is 0 Å². The Morgan fingerprint density at radius 3 is 2.76 bits per heavy atom. The lowest BCUT2D eigenvalue weighted by molar-refractivity contribution is -0.121. The van der Waals surface area contributed by atoms with Gasteiger partial charge in [0.15, 0.2) is 0 Å². The number of methoxy groups -OCH3 is 1. The number of rotatable bonds is 6. The molecule has 0 heterocycles. The molecule has 0 bridgehead atoms. The SMILES string of the molecule is CCCC(=O)NC[C@H](OC)c1ccccc1Cl. The van der Waals surface area contributed by atoms with E-state index in [2.05, 4.69) is 5.32 Å². The first kappa shape index (κ1) is 14.0. The standard InChI is InChI=1S/C13H18ClNO2/c1-3-6-13(16)15-9-12(17-2)10-7-4-5-8-11(10)14/h4-5,7-8,12H,3,6,9H2,1-2H3,(H,15,16)/t12-/m0/s1. The van der Waals surface area contributed by atoms with Crippen molar-refractivity contribution in [3.63, 3.8) is 0 Å². The lowest BCUT2D eigenvalue weighted by Gasteiger charge is -2.17. The molecule has 0 spiro atoms. The fourth-order valence-electron chi connectivity index (χ4n) is 1.58. The van der Waals surface area contributed by atoms with Gasteiger partial charge in [0.2, 0.25) is 5.91 Å². The second-order valence-corrected chi connectivity index (χ2v) is 4.21. The van der Waals surface area contributed by atoms with Gasteiger partial charge in [-0.2, -0.15) is 0 Å². The number of amides is 1. The maximum Gasteiger partial charge on any atom is 0.220 e. The molecule has 1 rings (SSSR count). The lowest BCUT2D eigenvalue weighted by atomic mass is 10.1. The summed E-state index contributed by atoms with van der Waals surface area (Å²) in [6.45, 7) is 2.42. The van der Waals surface area contributed by atoms with Crippen LogP contribution in [0.1, 0.15) is 31.4 Å². The molecule has 0 saturated heterocycles. The van der Waals surface area contributed by atoms with Crippen LogP contribution in [0.3, 0.4) is 0 Å². The van der Waals surface area contributed by atoms with Gasteiger partial charge in [0.1, 0.15) is 6.10 Å². The van der Waals surface area contributed by atoms with Crippen LogP contribution in [0, 0.1) is 0 Å². The van der Waals surface area contributed by atoms with E-state index in [1.807, 2.05) is 31.2 Å². The fourth-order valence-corrected chi connectivity index (χ4v) is 1.84. The van der Waals surface area contributed by atoms with E-state index in [0.717, 1.165) is 12.0 Å². The summed E-state index contributed by atoms with van der Waals surface area (Å²) >= 11 is 6.08. The summed E-state index contributed by atoms with van der Waals surface area (Å²) in [5.41, 5.74) is 0.897. The van der Waals surface area contributed by atoms with Gasteiger partial charge in [0.05, 0.1) is 0 Å². The van der Waals surface area contributed by atoms with E-state index in [4.69, 9.17) is 16.3 Å². The molecule has 0 aliphatic carbocycles. The molecule has 0 radical (unpaired) electrons. The molecular weight excluding hydrogens is 238 g/mol. The number of carbonyl (C=O) groups is 1. The molecule has 1 aromatic carbocycles. The molecule has 1 amide bonds. The van der Waals surface area contributed by atoms with Crippen molar-refractivity contribution >= 4 is 17.5 Å². The molecule has 0 aliphatic heterocycles. The average molecular weight is 256 g/mol. The number of nitrogens with one attached hydrogen (secondary N) is 1. The number of halogens is 1. The van der Waals surface area contributed by atoms with Crippen LogP contribution in [0.25, 0.3) is 0 Å². The Morgan fingerprint density at radius 2 is 2.18 bits per heavy atom. The highest BCUT2D eigenvalue weighted by Gasteiger charge is 2.14. The largest absolute Gasteiger partial charge is 0.375 e. The fraction of sp³-hybridized carbons (Fsp3) is 0.462. The van der Waals surface area contributed by atoms with Crippen LogP contribution in [0.4, 0.5) is 0 Å². The third-order valence-electron chi connectivity index (χ3n) is 2.50. The first-order valence-electron chi connectivity index (χ1n) is 5.73. The van der Waals surface area contributed by atoms with Gasteiger partial charge in [0, 0.05) is 30.7 Å². The Kier molecular flexibility index (Phi) is 6.01. The van der Waals surface area contributed by atoms with Gasteiger partial charge in [-0.1, -0.05) is 36.7 Å². The third kappa shape index (κ3) is 4.36. The molecule has 1 aromatic rings. The third-order valence-corrected chi connectivity index (χ3v) is 2.84. The molecule has 1 atom stereocenters. The molecular formula is C13H18ClNO2. The highest BCUT2D eigenvalue weighted by Crippen LogP contribution is 2.24. The molecule has 4 heteroatoms. The summed E-state index contributed by atoms with van der Waals surface area (Å²) in [5, 5.41) is 3.49. The Hall–Kier alpha value is -1.06. The maximum absolute atomic E-state index is 11.4. The quantitative estimate of drug-likeness (QED) is 0.849. The minimum atomic E-state index is -0.204. The maximum atomic E-state index is 11.4. The van der Waals surface area contributed by atoms with Gasteiger partial charge in [-0.3, -0.25) is 4.79 Å². The van der Waals surface area contributed by atoms with E-state index in [9.17, 15) is 4.79 Å². The zero-order chi connectivity index (χ0) is 12.7. The highest BCUT2D eigenvalue weighted by molar-refractivity contribution is 6.31. The number of hydrogen-bond acceptors (Lipinski definition) is 2. The average Bonchev–Trinajstić information content (AvgIpc) is 2.32. The van der Waals surface area contributed by atoms with Crippen LogP contribution >= 0.6 is 11.6 Å². The minimum Gasteiger partial charge on any atom is -0.375 e. The Morgan fingerprint density at radius 1 is 1.47 bits per heavy atom. The van der Waals surface area contributed by atoms with Gasteiger partial charge < -0.3 is 10.1 Å². The summed E-state index contributed by atoms with van der Waals surface area (Å²) in [4.78, 5) is 11.4. The number of hydrogen-bond donors (Lipinski definition) is 1. The van der Waals surface area contributed by atoms with Crippen LogP contribution in [-0.4, -0.2) is 19.6 Å². The van der Waals surface area contributed by atoms with Crippen LogP contribution in [0.15, 0.2) is 24.3 Å². The summed E-state index contributed by atoms with van der Waals surface area (Å²) in [6.07, 6.45) is 1.18. The van der Waals surface area contributed by atoms with Crippen LogP contribution < -0.4 is 5.32 Å². The van der Waals surface area contributed by atoms with Gasteiger partial charge in [-0.05, 0) is 12.5 Å². The zero-order valence-corrected chi connectivity index (χ0v) is 11.0. The Balaban J connectivity index is 2.60. The summed E-state index contributed by atoms with van der Waals surface area (Å²) in [5.74, 6) is 0.0432. The van der Waals surface area contributed by atoms with E-state index in [1.165, 1.54) is 0 Å². The van der Waals surface area contributed by atoms with Crippen molar-refractivity contribution in [2.75, 3.05) is 13.7 Å². The molecule has 0 aromatic heterocycles.